The minimum absolute atomic E-state index is 0.176. The van der Waals surface area contributed by atoms with E-state index in [1.54, 1.807) is 0 Å². The summed E-state index contributed by atoms with van der Waals surface area (Å²) in [7, 11) is 0. The fourth-order valence-corrected chi connectivity index (χ4v) is 1.91. The van der Waals surface area contributed by atoms with Crippen molar-refractivity contribution in [2.45, 2.75) is 13.0 Å². The number of ether oxygens (including phenoxy) is 1. The van der Waals surface area contributed by atoms with Gasteiger partial charge in [0.2, 0.25) is 0 Å². The van der Waals surface area contributed by atoms with E-state index in [1.807, 2.05) is 48.5 Å². The topological polar surface area (TPSA) is 67.8 Å². The molecule has 0 atom stereocenters. The van der Waals surface area contributed by atoms with Gasteiger partial charge in [0.25, 0.3) is 0 Å². The minimum Gasteiger partial charge on any atom is -0.489 e. The predicted octanol–water partition coefficient (Wildman–Crippen LogP) is 3.21. The Hall–Kier alpha value is -2.20. The number of nitrogens with zero attached hydrogens (tertiary/aromatic N) is 1. The number of nitrogens with two attached hydrogens (primary N) is 1. The fraction of sp³-hybridized carbons (Fsp3) is 0.133. The molecule has 0 amide bonds. The van der Waals surface area contributed by atoms with E-state index < -0.39 is 0 Å². The lowest BCUT2D eigenvalue weighted by molar-refractivity contribution is 0.306. The van der Waals surface area contributed by atoms with E-state index in [-0.39, 0.29) is 5.84 Å². The van der Waals surface area contributed by atoms with Gasteiger partial charge in [-0.05, 0) is 23.8 Å². The fourth-order valence-electron chi connectivity index (χ4n) is 1.72. The largest absolute Gasteiger partial charge is 0.489 e. The van der Waals surface area contributed by atoms with Crippen molar-refractivity contribution < 1.29 is 9.94 Å². The number of rotatable bonds is 5. The lowest BCUT2D eigenvalue weighted by Crippen LogP contribution is -2.14. The van der Waals surface area contributed by atoms with Crippen molar-refractivity contribution >= 4 is 17.4 Å². The Bertz CT molecular complexity index is 597. The number of halogens is 1. The standard InChI is InChI=1S/C15H15ClN2O2/c16-14-4-2-1-3-12(14)10-20-13-7-5-11(6-8-13)9-15(17)18-19/h1-8,19H,9-10H2,(H2,17,18). The molecule has 104 valence electrons. The molecule has 0 bridgehead atoms. The van der Waals surface area contributed by atoms with Crippen molar-refractivity contribution in [3.63, 3.8) is 0 Å². The Balaban J connectivity index is 1.96. The van der Waals surface area contributed by atoms with Crippen LogP contribution >= 0.6 is 11.6 Å². The lowest BCUT2D eigenvalue weighted by Gasteiger charge is -2.08. The molecule has 0 aromatic heterocycles. The summed E-state index contributed by atoms with van der Waals surface area (Å²) >= 11 is 6.06. The summed E-state index contributed by atoms with van der Waals surface area (Å²) in [5.41, 5.74) is 7.34. The van der Waals surface area contributed by atoms with Gasteiger partial charge in [-0.25, -0.2) is 0 Å². The zero-order valence-electron chi connectivity index (χ0n) is 10.8. The minimum atomic E-state index is 0.176. The van der Waals surface area contributed by atoms with E-state index in [1.165, 1.54) is 0 Å². The lowest BCUT2D eigenvalue weighted by atomic mass is 10.1. The van der Waals surface area contributed by atoms with Gasteiger partial charge in [-0.1, -0.05) is 47.1 Å². The van der Waals surface area contributed by atoms with Crippen LogP contribution in [0, 0.1) is 0 Å². The van der Waals surface area contributed by atoms with Crippen molar-refractivity contribution in [1.82, 2.24) is 0 Å². The molecule has 2 rings (SSSR count). The highest BCUT2D eigenvalue weighted by atomic mass is 35.5. The van der Waals surface area contributed by atoms with Gasteiger partial charge >= 0.3 is 0 Å². The zero-order valence-corrected chi connectivity index (χ0v) is 11.5. The molecule has 0 saturated carbocycles. The molecule has 3 N–H and O–H groups in total. The van der Waals surface area contributed by atoms with Gasteiger partial charge in [0.15, 0.2) is 0 Å². The van der Waals surface area contributed by atoms with E-state index in [2.05, 4.69) is 5.16 Å². The Morgan fingerprint density at radius 3 is 2.50 bits per heavy atom. The maximum absolute atomic E-state index is 8.51. The van der Waals surface area contributed by atoms with Gasteiger partial charge in [0.1, 0.15) is 18.2 Å². The molecular weight excluding hydrogens is 276 g/mol. The number of hydrogen-bond donors (Lipinski definition) is 2. The van der Waals surface area contributed by atoms with Crippen LogP contribution in [0.5, 0.6) is 5.75 Å². The highest BCUT2D eigenvalue weighted by Gasteiger charge is 2.02. The molecule has 0 radical (unpaired) electrons. The summed E-state index contributed by atoms with van der Waals surface area (Å²) in [4.78, 5) is 0. The molecule has 0 saturated heterocycles. The Morgan fingerprint density at radius 2 is 1.85 bits per heavy atom. The van der Waals surface area contributed by atoms with Gasteiger partial charge < -0.3 is 15.7 Å². The average Bonchev–Trinajstić information content (AvgIpc) is 2.48. The highest BCUT2D eigenvalue weighted by Crippen LogP contribution is 2.19. The van der Waals surface area contributed by atoms with Crippen molar-refractivity contribution in [2.24, 2.45) is 10.9 Å². The van der Waals surface area contributed by atoms with Crippen LogP contribution in [0.2, 0.25) is 5.02 Å². The van der Waals surface area contributed by atoms with Crippen LogP contribution in [0.1, 0.15) is 11.1 Å². The molecule has 20 heavy (non-hydrogen) atoms. The van der Waals surface area contributed by atoms with E-state index >= 15 is 0 Å². The third kappa shape index (κ3) is 3.90. The Morgan fingerprint density at radius 1 is 1.15 bits per heavy atom. The molecule has 2 aromatic rings. The van der Waals surface area contributed by atoms with Crippen LogP contribution in [-0.2, 0) is 13.0 Å². The van der Waals surface area contributed by atoms with E-state index in [9.17, 15) is 0 Å². The number of hydrogen-bond acceptors (Lipinski definition) is 3. The Kier molecular flexibility index (Phi) is 4.85. The third-order valence-electron chi connectivity index (χ3n) is 2.79. The van der Waals surface area contributed by atoms with Gasteiger partial charge in [0, 0.05) is 17.0 Å². The quantitative estimate of drug-likeness (QED) is 0.384. The summed E-state index contributed by atoms with van der Waals surface area (Å²) < 4.78 is 5.66. The normalized spacial score (nSPS) is 11.3. The van der Waals surface area contributed by atoms with Crippen molar-refractivity contribution in [3.05, 3.63) is 64.7 Å². The molecule has 0 spiro atoms. The first-order chi connectivity index (χ1) is 9.69. The number of amidine groups is 1. The first-order valence-corrected chi connectivity index (χ1v) is 6.48. The second kappa shape index (κ2) is 6.82. The molecule has 0 aliphatic rings. The summed E-state index contributed by atoms with van der Waals surface area (Å²) in [6, 6.07) is 15.0. The van der Waals surface area contributed by atoms with Crippen molar-refractivity contribution in [2.75, 3.05) is 0 Å². The smallest absolute Gasteiger partial charge is 0.143 e. The van der Waals surface area contributed by atoms with Gasteiger partial charge in [-0.2, -0.15) is 0 Å². The molecule has 0 fully saturated rings. The van der Waals surface area contributed by atoms with Crippen molar-refractivity contribution in [3.8, 4) is 5.75 Å². The van der Waals surface area contributed by atoms with Crippen LogP contribution in [0.25, 0.3) is 0 Å². The molecule has 0 aliphatic heterocycles. The molecule has 0 aliphatic carbocycles. The average molecular weight is 291 g/mol. The summed E-state index contributed by atoms with van der Waals surface area (Å²) in [5, 5.41) is 12.1. The molecule has 0 heterocycles. The maximum Gasteiger partial charge on any atom is 0.143 e. The third-order valence-corrected chi connectivity index (χ3v) is 3.16. The van der Waals surface area contributed by atoms with Crippen LogP contribution in [0.15, 0.2) is 53.7 Å². The molecular formula is C15H15ClN2O2. The van der Waals surface area contributed by atoms with Crippen LogP contribution < -0.4 is 10.5 Å². The van der Waals surface area contributed by atoms with Gasteiger partial charge in [-0.15, -0.1) is 0 Å². The monoisotopic (exact) mass is 290 g/mol. The van der Waals surface area contributed by atoms with Crippen molar-refractivity contribution in [1.29, 1.82) is 0 Å². The SMILES string of the molecule is N/C(Cc1ccc(OCc2ccccc2Cl)cc1)=N\O. The molecule has 4 nitrogen and oxygen atoms in total. The van der Waals surface area contributed by atoms with Crippen LogP contribution in [-0.4, -0.2) is 11.0 Å². The maximum atomic E-state index is 8.51. The molecule has 0 unspecified atom stereocenters. The second-order valence-corrected chi connectivity index (χ2v) is 4.70. The molecule has 2 aromatic carbocycles. The predicted molar refractivity (Wildman–Crippen MR) is 79.3 cm³/mol. The van der Waals surface area contributed by atoms with E-state index in [4.69, 9.17) is 27.3 Å². The number of oxime groups is 1. The Labute approximate surface area is 122 Å². The summed E-state index contributed by atoms with van der Waals surface area (Å²) in [6.45, 7) is 0.416. The first-order valence-electron chi connectivity index (χ1n) is 6.10. The van der Waals surface area contributed by atoms with Crippen LogP contribution in [0.4, 0.5) is 0 Å². The van der Waals surface area contributed by atoms with E-state index in [0.29, 0.717) is 18.1 Å². The van der Waals surface area contributed by atoms with Gasteiger partial charge in [0.05, 0.1) is 0 Å². The number of benzene rings is 2. The highest BCUT2D eigenvalue weighted by molar-refractivity contribution is 6.31. The summed E-state index contributed by atoms with van der Waals surface area (Å²) in [6.07, 6.45) is 0.404. The van der Waals surface area contributed by atoms with Gasteiger partial charge in [-0.3, -0.25) is 0 Å². The zero-order chi connectivity index (χ0) is 14.4. The van der Waals surface area contributed by atoms with Crippen LogP contribution in [0.3, 0.4) is 0 Å². The summed E-state index contributed by atoms with van der Waals surface area (Å²) in [5.74, 6) is 0.919. The molecule has 5 heteroatoms. The first kappa shape index (κ1) is 14.2. The second-order valence-electron chi connectivity index (χ2n) is 4.29. The van der Waals surface area contributed by atoms with E-state index in [0.717, 1.165) is 16.9 Å².